The average Bonchev–Trinajstić information content (AvgIpc) is 2.95. The fraction of sp³-hybridized carbons (Fsp3) is 0.368. The monoisotopic (exact) mass is 354 g/mol. The lowest BCUT2D eigenvalue weighted by atomic mass is 10.0. The fourth-order valence-corrected chi connectivity index (χ4v) is 3.30. The lowest BCUT2D eigenvalue weighted by Gasteiger charge is -2.19. The molecule has 1 unspecified atom stereocenters. The number of aromatic nitrogens is 3. The van der Waals surface area contributed by atoms with Crippen molar-refractivity contribution in [2.45, 2.75) is 47.1 Å². The van der Waals surface area contributed by atoms with E-state index >= 15 is 0 Å². The molecule has 3 rings (SSSR count). The average molecular weight is 354 g/mol. The Kier molecular flexibility index (Phi) is 4.63. The van der Waals surface area contributed by atoms with E-state index in [9.17, 15) is 9.59 Å². The molecule has 0 radical (unpaired) electrons. The molecule has 136 valence electrons. The summed E-state index contributed by atoms with van der Waals surface area (Å²) in [5.41, 5.74) is 4.22. The Hall–Kier alpha value is -2.96. The number of nitrogens with one attached hydrogen (secondary N) is 1. The zero-order valence-corrected chi connectivity index (χ0v) is 15.6. The maximum Gasteiger partial charge on any atom is 0.267 e. The van der Waals surface area contributed by atoms with E-state index in [1.54, 1.807) is 6.92 Å². The SMILES string of the molecule is CCC(C(=O)Nc1c(C)cc(C)cc1C)n1cnc2onc(C)c2c1=O. The van der Waals surface area contributed by atoms with Crippen LogP contribution in [0.1, 0.15) is 41.8 Å². The molecule has 0 saturated heterocycles. The number of hydrogen-bond donors (Lipinski definition) is 1. The summed E-state index contributed by atoms with van der Waals surface area (Å²) in [6.07, 6.45) is 1.80. The molecule has 7 heteroatoms. The minimum atomic E-state index is -0.672. The number of aryl methyl sites for hydroxylation is 4. The van der Waals surface area contributed by atoms with E-state index in [1.165, 1.54) is 10.9 Å². The van der Waals surface area contributed by atoms with Crippen molar-refractivity contribution in [2.24, 2.45) is 0 Å². The Labute approximate surface area is 151 Å². The largest absolute Gasteiger partial charge is 0.335 e. The summed E-state index contributed by atoms with van der Waals surface area (Å²) >= 11 is 0. The summed E-state index contributed by atoms with van der Waals surface area (Å²) in [4.78, 5) is 29.8. The molecule has 0 saturated carbocycles. The lowest BCUT2D eigenvalue weighted by Crippen LogP contribution is -2.33. The van der Waals surface area contributed by atoms with Gasteiger partial charge in [-0.25, -0.2) is 4.98 Å². The molecule has 0 bridgehead atoms. The highest BCUT2D eigenvalue weighted by Crippen LogP contribution is 2.24. The van der Waals surface area contributed by atoms with Gasteiger partial charge in [-0.1, -0.05) is 29.8 Å². The minimum absolute atomic E-state index is 0.184. The maximum atomic E-state index is 12.9. The molecule has 0 spiro atoms. The fourth-order valence-electron chi connectivity index (χ4n) is 3.30. The van der Waals surface area contributed by atoms with Gasteiger partial charge in [-0.3, -0.25) is 14.2 Å². The third-order valence-corrected chi connectivity index (χ3v) is 4.54. The van der Waals surface area contributed by atoms with Crippen molar-refractivity contribution in [2.75, 3.05) is 5.32 Å². The van der Waals surface area contributed by atoms with E-state index in [4.69, 9.17) is 4.52 Å². The van der Waals surface area contributed by atoms with Crippen molar-refractivity contribution < 1.29 is 9.32 Å². The van der Waals surface area contributed by atoms with Gasteiger partial charge in [0.15, 0.2) is 0 Å². The van der Waals surface area contributed by atoms with Crippen LogP contribution in [0, 0.1) is 27.7 Å². The van der Waals surface area contributed by atoms with Gasteiger partial charge in [-0.05, 0) is 45.2 Å². The molecule has 0 aliphatic rings. The standard InChI is InChI=1S/C19H22N4O3/c1-6-14(17(24)21-16-11(3)7-10(2)8-12(16)4)23-9-20-18-15(19(23)25)13(5)22-26-18/h7-9,14H,6H2,1-5H3,(H,21,24). The van der Waals surface area contributed by atoms with Gasteiger partial charge in [0.2, 0.25) is 5.91 Å². The first-order valence-electron chi connectivity index (χ1n) is 8.55. The van der Waals surface area contributed by atoms with Crippen molar-refractivity contribution in [3.63, 3.8) is 0 Å². The molecular formula is C19H22N4O3. The lowest BCUT2D eigenvalue weighted by molar-refractivity contribution is -0.119. The van der Waals surface area contributed by atoms with Gasteiger partial charge >= 0.3 is 0 Å². The minimum Gasteiger partial charge on any atom is -0.335 e. The second-order valence-electron chi connectivity index (χ2n) is 6.59. The Morgan fingerprint density at radius 3 is 2.50 bits per heavy atom. The second kappa shape index (κ2) is 6.74. The summed E-state index contributed by atoms with van der Waals surface area (Å²) in [6.45, 7) is 9.46. The van der Waals surface area contributed by atoms with Gasteiger partial charge in [0.05, 0.1) is 5.69 Å². The summed E-state index contributed by atoms with van der Waals surface area (Å²) in [6, 6.07) is 3.36. The van der Waals surface area contributed by atoms with Crippen LogP contribution in [0.3, 0.4) is 0 Å². The van der Waals surface area contributed by atoms with Crippen LogP contribution >= 0.6 is 0 Å². The van der Waals surface area contributed by atoms with Crippen LogP contribution in [0.2, 0.25) is 0 Å². The normalized spacial score (nSPS) is 12.3. The van der Waals surface area contributed by atoms with Crippen LogP contribution in [0.4, 0.5) is 5.69 Å². The van der Waals surface area contributed by atoms with E-state index in [0.29, 0.717) is 17.5 Å². The van der Waals surface area contributed by atoms with Crippen LogP contribution < -0.4 is 10.9 Å². The van der Waals surface area contributed by atoms with E-state index in [2.05, 4.69) is 15.5 Å². The molecule has 1 atom stereocenters. The van der Waals surface area contributed by atoms with Crippen LogP contribution in [0.5, 0.6) is 0 Å². The third-order valence-electron chi connectivity index (χ3n) is 4.54. The Bertz CT molecular complexity index is 1030. The van der Waals surface area contributed by atoms with E-state index in [1.807, 2.05) is 39.8 Å². The van der Waals surface area contributed by atoms with Gasteiger partial charge in [-0.2, -0.15) is 0 Å². The Morgan fingerprint density at radius 2 is 1.88 bits per heavy atom. The van der Waals surface area contributed by atoms with Crippen molar-refractivity contribution in [1.29, 1.82) is 0 Å². The topological polar surface area (TPSA) is 90.0 Å². The van der Waals surface area contributed by atoms with Crippen LogP contribution in [0.25, 0.3) is 11.1 Å². The van der Waals surface area contributed by atoms with E-state index < -0.39 is 6.04 Å². The van der Waals surface area contributed by atoms with Gasteiger partial charge in [0.25, 0.3) is 11.3 Å². The van der Waals surface area contributed by atoms with Crippen LogP contribution in [0.15, 0.2) is 27.8 Å². The molecule has 0 aliphatic heterocycles. The highest BCUT2D eigenvalue weighted by atomic mass is 16.5. The summed E-state index contributed by atoms with van der Waals surface area (Å²) in [5, 5.41) is 7.06. The Balaban J connectivity index is 1.99. The van der Waals surface area contributed by atoms with Crippen molar-refractivity contribution in [3.05, 3.63) is 51.2 Å². The van der Waals surface area contributed by atoms with Crippen LogP contribution in [-0.2, 0) is 4.79 Å². The Morgan fingerprint density at radius 1 is 1.23 bits per heavy atom. The predicted molar refractivity (Wildman–Crippen MR) is 99.4 cm³/mol. The maximum absolute atomic E-state index is 12.9. The van der Waals surface area contributed by atoms with Gasteiger partial charge in [0, 0.05) is 5.69 Å². The number of carbonyl (C=O) groups excluding carboxylic acids is 1. The van der Waals surface area contributed by atoms with Gasteiger partial charge in [0.1, 0.15) is 17.8 Å². The molecule has 26 heavy (non-hydrogen) atoms. The van der Waals surface area contributed by atoms with Crippen molar-refractivity contribution in [3.8, 4) is 0 Å². The van der Waals surface area contributed by atoms with E-state index in [0.717, 1.165) is 22.4 Å². The number of fused-ring (bicyclic) bond motifs is 1. The first-order valence-corrected chi connectivity index (χ1v) is 8.55. The van der Waals surface area contributed by atoms with Gasteiger partial charge < -0.3 is 9.84 Å². The van der Waals surface area contributed by atoms with Gasteiger partial charge in [-0.15, -0.1) is 0 Å². The van der Waals surface area contributed by atoms with Crippen molar-refractivity contribution >= 4 is 22.7 Å². The number of benzene rings is 1. The third kappa shape index (κ3) is 3.00. The molecule has 2 heterocycles. The highest BCUT2D eigenvalue weighted by molar-refractivity contribution is 5.95. The molecule has 0 aliphatic carbocycles. The smallest absolute Gasteiger partial charge is 0.267 e. The number of hydrogen-bond acceptors (Lipinski definition) is 5. The van der Waals surface area contributed by atoms with Crippen LogP contribution in [-0.4, -0.2) is 20.6 Å². The number of anilines is 1. The molecule has 1 N–H and O–H groups in total. The number of amides is 1. The molecular weight excluding hydrogens is 332 g/mol. The first-order chi connectivity index (χ1) is 12.3. The number of rotatable bonds is 4. The zero-order valence-electron chi connectivity index (χ0n) is 15.6. The highest BCUT2D eigenvalue weighted by Gasteiger charge is 2.23. The van der Waals surface area contributed by atoms with Crippen molar-refractivity contribution in [1.82, 2.24) is 14.7 Å². The second-order valence-corrected chi connectivity index (χ2v) is 6.59. The molecule has 2 aromatic heterocycles. The summed E-state index contributed by atoms with van der Waals surface area (Å²) in [5.74, 6) is -0.250. The number of carbonyl (C=O) groups is 1. The summed E-state index contributed by atoms with van der Waals surface area (Å²) < 4.78 is 6.37. The molecule has 1 amide bonds. The molecule has 3 aromatic rings. The molecule has 7 nitrogen and oxygen atoms in total. The summed E-state index contributed by atoms with van der Waals surface area (Å²) in [7, 11) is 0. The number of nitrogens with zero attached hydrogens (tertiary/aromatic N) is 3. The molecule has 1 aromatic carbocycles. The van der Waals surface area contributed by atoms with E-state index in [-0.39, 0.29) is 17.2 Å². The predicted octanol–water partition coefficient (Wildman–Crippen LogP) is 3.21. The molecule has 0 fully saturated rings. The zero-order chi connectivity index (χ0) is 19.0. The first kappa shape index (κ1) is 17.8. The quantitative estimate of drug-likeness (QED) is 0.777.